The Hall–Kier alpha value is -1.62. The lowest BCUT2D eigenvalue weighted by atomic mass is 10.4. The van der Waals surface area contributed by atoms with E-state index in [1.807, 2.05) is 41.7 Å². The second-order valence-electron chi connectivity index (χ2n) is 4.20. The molecule has 2 aromatic rings. The second-order valence-corrected chi connectivity index (χ2v) is 4.20. The first-order valence-electron chi connectivity index (χ1n) is 5.97. The maximum absolute atomic E-state index is 4.49. The monoisotopic (exact) mass is 233 g/mol. The molecule has 2 aromatic heterocycles. The molecule has 1 N–H and O–H groups in total. The van der Waals surface area contributed by atoms with Gasteiger partial charge in [0, 0.05) is 31.5 Å². The first kappa shape index (κ1) is 11.9. The molecule has 0 bridgehead atoms. The van der Waals surface area contributed by atoms with Crippen molar-refractivity contribution in [2.45, 2.75) is 26.8 Å². The summed E-state index contributed by atoms with van der Waals surface area (Å²) < 4.78 is 3.67. The van der Waals surface area contributed by atoms with Crippen LogP contribution in [-0.2, 0) is 13.6 Å². The van der Waals surface area contributed by atoms with E-state index >= 15 is 0 Å². The minimum atomic E-state index is 0.812. The SMILES string of the molecule is CCCNCc1ccn(-c2cc(C)n(C)n2)n1. The summed E-state index contributed by atoms with van der Waals surface area (Å²) in [5, 5.41) is 12.2. The van der Waals surface area contributed by atoms with E-state index < -0.39 is 0 Å². The molecule has 0 aliphatic heterocycles. The number of aromatic nitrogens is 4. The van der Waals surface area contributed by atoms with Crippen molar-refractivity contribution in [3.05, 3.63) is 29.7 Å². The molecular formula is C12H19N5. The summed E-state index contributed by atoms with van der Waals surface area (Å²) in [6.45, 7) is 6.02. The summed E-state index contributed by atoms with van der Waals surface area (Å²) in [6.07, 6.45) is 3.09. The molecule has 2 rings (SSSR count). The summed E-state index contributed by atoms with van der Waals surface area (Å²) in [7, 11) is 1.94. The van der Waals surface area contributed by atoms with E-state index in [4.69, 9.17) is 0 Å². The highest BCUT2D eigenvalue weighted by molar-refractivity contribution is 5.23. The summed E-state index contributed by atoms with van der Waals surface area (Å²) in [4.78, 5) is 0. The maximum Gasteiger partial charge on any atom is 0.175 e. The van der Waals surface area contributed by atoms with Crippen LogP contribution in [0.15, 0.2) is 18.3 Å². The molecule has 2 heterocycles. The van der Waals surface area contributed by atoms with Gasteiger partial charge in [-0.15, -0.1) is 0 Å². The Morgan fingerprint density at radius 2 is 2.18 bits per heavy atom. The van der Waals surface area contributed by atoms with Crippen LogP contribution in [0.5, 0.6) is 0 Å². The number of hydrogen-bond donors (Lipinski definition) is 1. The topological polar surface area (TPSA) is 47.7 Å². The predicted molar refractivity (Wildman–Crippen MR) is 67.1 cm³/mol. The lowest BCUT2D eigenvalue weighted by Gasteiger charge is -1.98. The van der Waals surface area contributed by atoms with Crippen molar-refractivity contribution in [3.8, 4) is 5.82 Å². The van der Waals surface area contributed by atoms with Crippen LogP contribution in [0.1, 0.15) is 24.7 Å². The van der Waals surface area contributed by atoms with Gasteiger partial charge in [-0.3, -0.25) is 4.68 Å². The molecule has 0 saturated carbocycles. The van der Waals surface area contributed by atoms with Crippen LogP contribution in [0.3, 0.4) is 0 Å². The number of nitrogens with one attached hydrogen (secondary N) is 1. The van der Waals surface area contributed by atoms with Gasteiger partial charge in [0.2, 0.25) is 0 Å². The van der Waals surface area contributed by atoms with E-state index in [1.165, 1.54) is 0 Å². The van der Waals surface area contributed by atoms with E-state index in [9.17, 15) is 0 Å². The third kappa shape index (κ3) is 2.74. The van der Waals surface area contributed by atoms with Crippen molar-refractivity contribution in [1.82, 2.24) is 24.9 Å². The molecule has 5 nitrogen and oxygen atoms in total. The number of nitrogens with zero attached hydrogens (tertiary/aromatic N) is 4. The van der Waals surface area contributed by atoms with Gasteiger partial charge < -0.3 is 5.32 Å². The quantitative estimate of drug-likeness (QED) is 0.794. The standard InChI is InChI=1S/C12H19N5/c1-4-6-13-9-11-5-7-17(14-11)12-8-10(2)16(3)15-12/h5,7-8,13H,4,6,9H2,1-3H3. The Morgan fingerprint density at radius 3 is 2.82 bits per heavy atom. The smallest absolute Gasteiger partial charge is 0.175 e. The average Bonchev–Trinajstić information content (AvgIpc) is 2.88. The molecule has 17 heavy (non-hydrogen) atoms. The molecule has 0 aliphatic rings. The fourth-order valence-electron chi connectivity index (χ4n) is 1.63. The zero-order valence-electron chi connectivity index (χ0n) is 10.6. The van der Waals surface area contributed by atoms with Crippen molar-refractivity contribution < 1.29 is 0 Å². The summed E-state index contributed by atoms with van der Waals surface area (Å²) in [5.74, 6) is 0.867. The molecule has 0 atom stereocenters. The number of aryl methyl sites for hydroxylation is 2. The second kappa shape index (κ2) is 5.14. The van der Waals surface area contributed by atoms with Gasteiger partial charge in [0.05, 0.1) is 5.69 Å². The van der Waals surface area contributed by atoms with Gasteiger partial charge in [-0.25, -0.2) is 4.68 Å². The molecule has 0 aromatic carbocycles. The van der Waals surface area contributed by atoms with Gasteiger partial charge in [-0.2, -0.15) is 10.2 Å². The Kier molecular flexibility index (Phi) is 3.58. The molecule has 0 radical (unpaired) electrons. The van der Waals surface area contributed by atoms with Crippen LogP contribution in [0.25, 0.3) is 5.82 Å². The first-order chi connectivity index (χ1) is 8.20. The lowest BCUT2D eigenvalue weighted by molar-refractivity contribution is 0.652. The molecule has 0 saturated heterocycles. The van der Waals surface area contributed by atoms with Gasteiger partial charge in [0.25, 0.3) is 0 Å². The Balaban J connectivity index is 2.07. The van der Waals surface area contributed by atoms with E-state index in [1.54, 1.807) is 0 Å². The zero-order valence-corrected chi connectivity index (χ0v) is 10.6. The minimum absolute atomic E-state index is 0.812. The van der Waals surface area contributed by atoms with Gasteiger partial charge in [-0.05, 0) is 26.0 Å². The average molecular weight is 233 g/mol. The van der Waals surface area contributed by atoms with Crippen molar-refractivity contribution in [2.75, 3.05) is 6.54 Å². The van der Waals surface area contributed by atoms with E-state index in [0.29, 0.717) is 0 Å². The largest absolute Gasteiger partial charge is 0.311 e. The lowest BCUT2D eigenvalue weighted by Crippen LogP contribution is -2.14. The van der Waals surface area contributed by atoms with Crippen LogP contribution in [0, 0.1) is 6.92 Å². The fourth-order valence-corrected chi connectivity index (χ4v) is 1.63. The minimum Gasteiger partial charge on any atom is -0.311 e. The highest BCUT2D eigenvalue weighted by Gasteiger charge is 2.05. The van der Waals surface area contributed by atoms with Crippen molar-refractivity contribution in [3.63, 3.8) is 0 Å². The molecule has 0 fully saturated rings. The molecule has 5 heteroatoms. The molecule has 92 valence electrons. The molecule has 0 spiro atoms. The Morgan fingerprint density at radius 1 is 1.35 bits per heavy atom. The van der Waals surface area contributed by atoms with E-state index in [2.05, 4.69) is 22.4 Å². The van der Waals surface area contributed by atoms with Gasteiger partial charge >= 0.3 is 0 Å². The third-order valence-corrected chi connectivity index (χ3v) is 2.71. The fraction of sp³-hybridized carbons (Fsp3) is 0.500. The Bertz CT molecular complexity index is 463. The summed E-state index contributed by atoms with van der Waals surface area (Å²) in [6, 6.07) is 4.04. The number of hydrogen-bond acceptors (Lipinski definition) is 3. The van der Waals surface area contributed by atoms with Crippen LogP contribution < -0.4 is 5.32 Å². The van der Waals surface area contributed by atoms with Crippen molar-refractivity contribution in [1.29, 1.82) is 0 Å². The van der Waals surface area contributed by atoms with Crippen LogP contribution in [0.4, 0.5) is 0 Å². The van der Waals surface area contributed by atoms with Gasteiger partial charge in [0.15, 0.2) is 5.82 Å². The Labute approximate surface area is 101 Å². The normalized spacial score (nSPS) is 11.0. The zero-order chi connectivity index (χ0) is 12.3. The predicted octanol–water partition coefficient (Wildman–Crippen LogP) is 1.41. The number of rotatable bonds is 5. The molecular weight excluding hydrogens is 214 g/mol. The van der Waals surface area contributed by atoms with Crippen LogP contribution in [0.2, 0.25) is 0 Å². The van der Waals surface area contributed by atoms with E-state index in [-0.39, 0.29) is 0 Å². The highest BCUT2D eigenvalue weighted by atomic mass is 15.4. The molecule has 0 aliphatic carbocycles. The molecule has 0 amide bonds. The summed E-state index contributed by atoms with van der Waals surface area (Å²) >= 11 is 0. The van der Waals surface area contributed by atoms with Crippen molar-refractivity contribution in [2.24, 2.45) is 7.05 Å². The van der Waals surface area contributed by atoms with Gasteiger partial charge in [-0.1, -0.05) is 6.92 Å². The van der Waals surface area contributed by atoms with Crippen LogP contribution >= 0.6 is 0 Å². The molecule has 0 unspecified atom stereocenters. The highest BCUT2D eigenvalue weighted by Crippen LogP contribution is 2.07. The first-order valence-corrected chi connectivity index (χ1v) is 5.97. The van der Waals surface area contributed by atoms with Gasteiger partial charge in [0.1, 0.15) is 0 Å². The summed E-state index contributed by atoms with van der Waals surface area (Å²) in [5.41, 5.74) is 2.17. The maximum atomic E-state index is 4.49. The third-order valence-electron chi connectivity index (χ3n) is 2.71. The van der Waals surface area contributed by atoms with Crippen molar-refractivity contribution >= 4 is 0 Å². The van der Waals surface area contributed by atoms with Crippen LogP contribution in [-0.4, -0.2) is 26.1 Å². The van der Waals surface area contributed by atoms with E-state index in [0.717, 1.165) is 36.7 Å².